The normalized spacial score (nSPS) is 15.6. The second-order valence-electron chi connectivity index (χ2n) is 4.32. The van der Waals surface area contributed by atoms with E-state index in [2.05, 4.69) is 77.2 Å². The first-order valence-corrected chi connectivity index (χ1v) is 6.97. The lowest BCUT2D eigenvalue weighted by Crippen LogP contribution is -1.89. The Morgan fingerprint density at radius 2 is 1.76 bits per heavy atom. The first kappa shape index (κ1) is 11.0. The van der Waals surface area contributed by atoms with Crippen molar-refractivity contribution < 1.29 is 0 Å². The summed E-state index contributed by atoms with van der Waals surface area (Å²) >= 11 is 2.44. The predicted molar refractivity (Wildman–Crippen MR) is 83.3 cm³/mol. The van der Waals surface area contributed by atoms with Crippen molar-refractivity contribution in [1.82, 2.24) is 0 Å². The molecular weight excluding hydrogens is 319 g/mol. The Morgan fingerprint density at radius 3 is 2.65 bits per heavy atom. The monoisotopic (exact) mass is 332 g/mol. The molecule has 0 heterocycles. The van der Waals surface area contributed by atoms with E-state index in [9.17, 15) is 0 Å². The Labute approximate surface area is 115 Å². The predicted octanol–water partition coefficient (Wildman–Crippen LogP) is 5.34. The second-order valence-corrected chi connectivity index (χ2v) is 5.70. The van der Waals surface area contributed by atoms with E-state index in [1.807, 2.05) is 0 Å². The van der Waals surface area contributed by atoms with E-state index in [1.54, 1.807) is 0 Å². The summed E-state index contributed by atoms with van der Waals surface area (Å²) in [7, 11) is 0. The summed E-state index contributed by atoms with van der Waals surface area (Å²) in [5.41, 5.74) is 2.73. The van der Waals surface area contributed by atoms with E-state index in [0.29, 0.717) is 0 Å². The summed E-state index contributed by atoms with van der Waals surface area (Å²) in [6.07, 6.45) is 7.01. The molecule has 0 spiro atoms. The van der Waals surface area contributed by atoms with Gasteiger partial charge >= 0.3 is 0 Å². The standard InChI is InChI=1S/C16H13I/c17-14-8-3-7-13(11-14)16-10-4-6-12-5-1-2-9-15(12)16/h1-2,4-7,9-11H,3,8H2. The van der Waals surface area contributed by atoms with E-state index in [-0.39, 0.29) is 0 Å². The van der Waals surface area contributed by atoms with E-state index >= 15 is 0 Å². The molecule has 3 rings (SSSR count). The smallest absolute Gasteiger partial charge is 0.00849 e. The van der Waals surface area contributed by atoms with Crippen LogP contribution in [0.2, 0.25) is 0 Å². The molecule has 0 aromatic heterocycles. The maximum Gasteiger partial charge on any atom is -0.00849 e. The number of hydrogen-bond acceptors (Lipinski definition) is 0. The van der Waals surface area contributed by atoms with E-state index in [0.717, 1.165) is 6.42 Å². The van der Waals surface area contributed by atoms with Crippen LogP contribution in [-0.4, -0.2) is 0 Å². The van der Waals surface area contributed by atoms with E-state index < -0.39 is 0 Å². The van der Waals surface area contributed by atoms with Crippen LogP contribution in [0.5, 0.6) is 0 Å². The van der Waals surface area contributed by atoms with Gasteiger partial charge in [-0.05, 0) is 67.0 Å². The van der Waals surface area contributed by atoms with Gasteiger partial charge in [0.15, 0.2) is 0 Å². The van der Waals surface area contributed by atoms with Crippen molar-refractivity contribution in [3.8, 4) is 0 Å². The number of hydrogen-bond donors (Lipinski definition) is 0. The largest absolute Gasteiger partial charge is 0.0763 e. The molecule has 0 saturated heterocycles. The third-order valence-corrected chi connectivity index (χ3v) is 4.01. The zero-order valence-electron chi connectivity index (χ0n) is 9.49. The topological polar surface area (TPSA) is 0 Å². The van der Waals surface area contributed by atoms with Crippen LogP contribution in [0.3, 0.4) is 0 Å². The van der Waals surface area contributed by atoms with Crippen LogP contribution in [-0.2, 0) is 0 Å². The third-order valence-electron chi connectivity index (χ3n) is 3.16. The van der Waals surface area contributed by atoms with Gasteiger partial charge in [-0.15, -0.1) is 0 Å². The number of allylic oxidation sites excluding steroid dienone is 4. The molecule has 1 aliphatic carbocycles. The molecule has 0 saturated carbocycles. The molecule has 0 fully saturated rings. The Kier molecular flexibility index (Phi) is 3.02. The lowest BCUT2D eigenvalue weighted by molar-refractivity contribution is 1.03. The van der Waals surface area contributed by atoms with Crippen LogP contribution in [0.15, 0.2) is 58.2 Å². The molecule has 0 bridgehead atoms. The number of halogens is 1. The third kappa shape index (κ3) is 2.16. The minimum Gasteiger partial charge on any atom is -0.0763 e. The minimum atomic E-state index is 1.16. The molecule has 0 unspecified atom stereocenters. The summed E-state index contributed by atoms with van der Waals surface area (Å²) in [6.45, 7) is 0. The minimum absolute atomic E-state index is 1.16. The van der Waals surface area contributed by atoms with E-state index in [1.165, 1.54) is 31.9 Å². The fourth-order valence-electron chi connectivity index (χ4n) is 2.33. The second kappa shape index (κ2) is 4.65. The quantitative estimate of drug-likeness (QED) is 0.619. The van der Waals surface area contributed by atoms with Gasteiger partial charge in [0.25, 0.3) is 0 Å². The number of rotatable bonds is 1. The van der Waals surface area contributed by atoms with E-state index in [4.69, 9.17) is 0 Å². The highest BCUT2D eigenvalue weighted by Gasteiger charge is 2.08. The molecule has 0 aliphatic heterocycles. The number of benzene rings is 2. The SMILES string of the molecule is IC1=CC(c2cccc3ccccc23)=CCC1. The molecule has 0 nitrogen and oxygen atoms in total. The van der Waals surface area contributed by atoms with Gasteiger partial charge in [0, 0.05) is 0 Å². The van der Waals surface area contributed by atoms with Gasteiger partial charge in [-0.25, -0.2) is 0 Å². The fourth-order valence-corrected chi connectivity index (χ4v) is 2.98. The maximum atomic E-state index is 2.44. The van der Waals surface area contributed by atoms with Crippen molar-refractivity contribution in [2.45, 2.75) is 12.8 Å². The molecule has 2 aromatic carbocycles. The highest BCUT2D eigenvalue weighted by Crippen LogP contribution is 2.32. The van der Waals surface area contributed by atoms with Crippen molar-refractivity contribution in [2.24, 2.45) is 0 Å². The molecule has 0 radical (unpaired) electrons. The highest BCUT2D eigenvalue weighted by molar-refractivity contribution is 14.1. The van der Waals surface area contributed by atoms with Gasteiger partial charge in [-0.1, -0.05) is 48.5 Å². The van der Waals surface area contributed by atoms with Crippen LogP contribution >= 0.6 is 22.6 Å². The van der Waals surface area contributed by atoms with Gasteiger partial charge in [0.1, 0.15) is 0 Å². The van der Waals surface area contributed by atoms with Gasteiger partial charge in [0.2, 0.25) is 0 Å². The maximum absolute atomic E-state index is 2.44. The number of fused-ring (bicyclic) bond motifs is 1. The zero-order chi connectivity index (χ0) is 11.7. The first-order valence-electron chi connectivity index (χ1n) is 5.89. The summed E-state index contributed by atoms with van der Waals surface area (Å²) in [6, 6.07) is 15.1. The molecule has 0 atom stereocenters. The van der Waals surface area contributed by atoms with Crippen molar-refractivity contribution in [2.75, 3.05) is 0 Å². The highest BCUT2D eigenvalue weighted by atomic mass is 127. The van der Waals surface area contributed by atoms with Crippen LogP contribution < -0.4 is 0 Å². The molecule has 0 amide bonds. The summed E-state index contributed by atoms with van der Waals surface area (Å²) in [4.78, 5) is 0. The summed E-state index contributed by atoms with van der Waals surface area (Å²) < 4.78 is 1.45. The molecule has 1 aliphatic rings. The first-order chi connectivity index (χ1) is 8.34. The Morgan fingerprint density at radius 1 is 0.941 bits per heavy atom. The van der Waals surface area contributed by atoms with Crippen LogP contribution in [0.1, 0.15) is 18.4 Å². The van der Waals surface area contributed by atoms with Crippen LogP contribution in [0, 0.1) is 0 Å². The molecule has 17 heavy (non-hydrogen) atoms. The van der Waals surface area contributed by atoms with Gasteiger partial charge in [0.05, 0.1) is 0 Å². The van der Waals surface area contributed by atoms with Crippen molar-refractivity contribution in [3.63, 3.8) is 0 Å². The Hall–Kier alpha value is -1.09. The molecular formula is C16H13I. The lowest BCUT2D eigenvalue weighted by Gasteiger charge is -2.12. The van der Waals surface area contributed by atoms with Gasteiger partial charge in [-0.2, -0.15) is 0 Å². The van der Waals surface area contributed by atoms with Crippen LogP contribution in [0.4, 0.5) is 0 Å². The van der Waals surface area contributed by atoms with Crippen LogP contribution in [0.25, 0.3) is 16.3 Å². The van der Waals surface area contributed by atoms with Gasteiger partial charge < -0.3 is 0 Å². The van der Waals surface area contributed by atoms with Crippen molar-refractivity contribution in [1.29, 1.82) is 0 Å². The zero-order valence-corrected chi connectivity index (χ0v) is 11.6. The average molecular weight is 332 g/mol. The summed E-state index contributed by atoms with van der Waals surface area (Å²) in [5, 5.41) is 2.67. The lowest BCUT2D eigenvalue weighted by atomic mass is 9.95. The molecule has 0 N–H and O–H groups in total. The fraction of sp³-hybridized carbons (Fsp3) is 0.125. The van der Waals surface area contributed by atoms with Crippen molar-refractivity contribution >= 4 is 38.9 Å². The molecule has 2 aromatic rings. The molecule has 84 valence electrons. The summed E-state index contributed by atoms with van der Waals surface area (Å²) in [5.74, 6) is 0. The average Bonchev–Trinajstić information content (AvgIpc) is 2.38. The Bertz CT molecular complexity index is 615. The van der Waals surface area contributed by atoms with Gasteiger partial charge in [-0.3, -0.25) is 0 Å². The Balaban J connectivity index is 2.21. The molecule has 1 heteroatoms. The van der Waals surface area contributed by atoms with Crippen molar-refractivity contribution in [3.05, 3.63) is 63.8 Å².